The molecule has 0 aliphatic carbocycles. The quantitative estimate of drug-likeness (QED) is 0.723. The van der Waals surface area contributed by atoms with Crippen molar-refractivity contribution < 1.29 is 9.52 Å². The monoisotopic (exact) mass is 179 g/mol. The van der Waals surface area contributed by atoms with Crippen molar-refractivity contribution in [2.75, 3.05) is 6.61 Å². The molecule has 0 fully saturated rings. The van der Waals surface area contributed by atoms with Gasteiger partial charge >= 0.3 is 0 Å². The molecule has 0 bridgehead atoms. The van der Waals surface area contributed by atoms with E-state index >= 15 is 0 Å². The second-order valence-corrected chi connectivity index (χ2v) is 2.57. The number of rotatable bonds is 3. The fourth-order valence-electron chi connectivity index (χ4n) is 1.02. The molecule has 0 aromatic carbocycles. The molecule has 0 unspecified atom stereocenters. The van der Waals surface area contributed by atoms with E-state index in [4.69, 9.17) is 9.52 Å². The molecule has 0 amide bonds. The second-order valence-electron chi connectivity index (χ2n) is 2.57. The molecule has 5 nitrogen and oxygen atoms in total. The lowest BCUT2D eigenvalue weighted by atomic mass is 10.3. The molecule has 2 N–H and O–H groups in total. The summed E-state index contributed by atoms with van der Waals surface area (Å²) in [5.41, 5.74) is 0.858. The fourth-order valence-corrected chi connectivity index (χ4v) is 1.02. The summed E-state index contributed by atoms with van der Waals surface area (Å²) in [6, 6.07) is 1.84. The third kappa shape index (κ3) is 1.59. The smallest absolute Gasteiger partial charge is 0.249 e. The predicted octanol–water partition coefficient (Wildman–Crippen LogP) is 0.599. The topological polar surface area (TPSA) is 74.9 Å². The van der Waals surface area contributed by atoms with Gasteiger partial charge in [0.15, 0.2) is 0 Å². The van der Waals surface area contributed by atoms with Gasteiger partial charge in [0.25, 0.3) is 0 Å². The van der Waals surface area contributed by atoms with Crippen LogP contribution in [0.3, 0.4) is 0 Å². The number of aromatic nitrogens is 3. The van der Waals surface area contributed by atoms with Crippen LogP contribution in [0, 0.1) is 0 Å². The lowest BCUT2D eigenvalue weighted by Crippen LogP contribution is -1.89. The van der Waals surface area contributed by atoms with Crippen LogP contribution in [0.5, 0.6) is 0 Å². The summed E-state index contributed by atoms with van der Waals surface area (Å²) >= 11 is 0. The summed E-state index contributed by atoms with van der Waals surface area (Å²) in [5, 5.41) is 16.2. The summed E-state index contributed by atoms with van der Waals surface area (Å²) < 4.78 is 5.27. The number of hydrogen-bond donors (Lipinski definition) is 2. The third-order valence-electron chi connectivity index (χ3n) is 1.64. The van der Waals surface area contributed by atoms with Crippen molar-refractivity contribution in [3.63, 3.8) is 0 Å². The van der Waals surface area contributed by atoms with E-state index in [9.17, 15) is 0 Å². The van der Waals surface area contributed by atoms with E-state index in [1.54, 1.807) is 12.4 Å². The molecule has 2 rings (SSSR count). The zero-order valence-corrected chi connectivity index (χ0v) is 6.90. The average Bonchev–Trinajstić information content (AvgIpc) is 2.70. The molecule has 0 saturated carbocycles. The molecule has 0 spiro atoms. The van der Waals surface area contributed by atoms with Crippen LogP contribution in [0.15, 0.2) is 22.9 Å². The molecule has 2 heterocycles. The molecule has 0 atom stereocenters. The maximum absolute atomic E-state index is 8.63. The molecule has 0 saturated heterocycles. The Morgan fingerprint density at radius 1 is 1.46 bits per heavy atom. The summed E-state index contributed by atoms with van der Waals surface area (Å²) in [4.78, 5) is 2.89. The highest BCUT2D eigenvalue weighted by Gasteiger charge is 2.07. The van der Waals surface area contributed by atoms with Gasteiger partial charge in [-0.15, -0.1) is 10.2 Å². The van der Waals surface area contributed by atoms with Gasteiger partial charge in [-0.25, -0.2) is 0 Å². The van der Waals surface area contributed by atoms with E-state index in [1.165, 1.54) is 0 Å². The number of H-pyrrole nitrogens is 1. The Kier molecular flexibility index (Phi) is 2.09. The van der Waals surface area contributed by atoms with Crippen LogP contribution < -0.4 is 0 Å². The van der Waals surface area contributed by atoms with Crippen LogP contribution in [-0.4, -0.2) is 26.9 Å². The molecule has 0 aliphatic heterocycles. The van der Waals surface area contributed by atoms with Crippen molar-refractivity contribution in [3.05, 3.63) is 24.4 Å². The molecule has 0 aliphatic rings. The minimum Gasteiger partial charge on any atom is -0.421 e. The third-order valence-corrected chi connectivity index (χ3v) is 1.64. The highest BCUT2D eigenvalue weighted by atomic mass is 16.4. The Balaban J connectivity index is 2.23. The fraction of sp³-hybridized carbons (Fsp3) is 0.250. The molecule has 2 aromatic heterocycles. The van der Waals surface area contributed by atoms with Gasteiger partial charge in [-0.05, 0) is 6.07 Å². The van der Waals surface area contributed by atoms with Crippen LogP contribution >= 0.6 is 0 Å². The van der Waals surface area contributed by atoms with E-state index in [-0.39, 0.29) is 6.61 Å². The molecule has 13 heavy (non-hydrogen) atoms. The zero-order valence-electron chi connectivity index (χ0n) is 6.90. The van der Waals surface area contributed by atoms with Crippen LogP contribution in [-0.2, 0) is 6.42 Å². The summed E-state index contributed by atoms with van der Waals surface area (Å²) in [6.45, 7) is 0.0226. The molecule has 68 valence electrons. The lowest BCUT2D eigenvalue weighted by molar-refractivity contribution is 0.285. The number of nitrogens with zero attached hydrogens (tertiary/aromatic N) is 2. The van der Waals surface area contributed by atoms with Crippen molar-refractivity contribution in [1.29, 1.82) is 0 Å². The minimum absolute atomic E-state index is 0.0226. The summed E-state index contributed by atoms with van der Waals surface area (Å²) in [7, 11) is 0. The van der Waals surface area contributed by atoms with E-state index < -0.39 is 0 Å². The molecular weight excluding hydrogens is 170 g/mol. The van der Waals surface area contributed by atoms with Gasteiger partial charge in [0.1, 0.15) is 0 Å². The highest BCUT2D eigenvalue weighted by Crippen LogP contribution is 2.16. The number of nitrogens with one attached hydrogen (secondary N) is 1. The van der Waals surface area contributed by atoms with Crippen molar-refractivity contribution in [3.8, 4) is 11.5 Å². The molecule has 0 radical (unpaired) electrons. The van der Waals surface area contributed by atoms with Crippen LogP contribution in [0.2, 0.25) is 0 Å². The first-order valence-corrected chi connectivity index (χ1v) is 3.96. The first-order chi connectivity index (χ1) is 6.40. The number of aromatic amines is 1. The minimum atomic E-state index is 0.0226. The van der Waals surface area contributed by atoms with Crippen LogP contribution in [0.1, 0.15) is 5.89 Å². The van der Waals surface area contributed by atoms with Gasteiger partial charge in [0, 0.05) is 18.8 Å². The Bertz CT molecular complexity index is 366. The second kappa shape index (κ2) is 3.40. The number of aliphatic hydroxyl groups is 1. The maximum Gasteiger partial charge on any atom is 0.249 e. The molecule has 5 heteroatoms. The lowest BCUT2D eigenvalue weighted by Gasteiger charge is -1.86. The normalized spacial score (nSPS) is 10.5. The standard InChI is InChI=1S/C8H9N3O2/c12-4-2-7-10-11-8(13-7)6-1-3-9-5-6/h1,3,5,9,12H,2,4H2. The van der Waals surface area contributed by atoms with Gasteiger partial charge in [-0.2, -0.15) is 0 Å². The van der Waals surface area contributed by atoms with E-state index in [1.807, 2.05) is 6.07 Å². The van der Waals surface area contributed by atoms with E-state index in [2.05, 4.69) is 15.2 Å². The summed E-state index contributed by atoms with van der Waals surface area (Å²) in [6.07, 6.45) is 3.96. The van der Waals surface area contributed by atoms with Crippen LogP contribution in [0.4, 0.5) is 0 Å². The number of aliphatic hydroxyl groups excluding tert-OH is 1. The number of hydrogen-bond acceptors (Lipinski definition) is 4. The summed E-state index contributed by atoms with van der Waals surface area (Å²) in [5.74, 6) is 0.934. The van der Waals surface area contributed by atoms with Crippen molar-refractivity contribution >= 4 is 0 Å². The Labute approximate surface area is 74.4 Å². The Morgan fingerprint density at radius 2 is 2.38 bits per heavy atom. The van der Waals surface area contributed by atoms with Crippen LogP contribution in [0.25, 0.3) is 11.5 Å². The van der Waals surface area contributed by atoms with Gasteiger partial charge in [0.2, 0.25) is 11.8 Å². The van der Waals surface area contributed by atoms with E-state index in [0.29, 0.717) is 18.2 Å². The predicted molar refractivity (Wildman–Crippen MR) is 44.9 cm³/mol. The molecular formula is C8H9N3O2. The highest BCUT2D eigenvalue weighted by molar-refractivity contribution is 5.50. The van der Waals surface area contributed by atoms with Crippen molar-refractivity contribution in [2.24, 2.45) is 0 Å². The average molecular weight is 179 g/mol. The van der Waals surface area contributed by atoms with Gasteiger partial charge in [0.05, 0.1) is 12.2 Å². The van der Waals surface area contributed by atoms with Gasteiger partial charge in [-0.3, -0.25) is 0 Å². The maximum atomic E-state index is 8.63. The van der Waals surface area contributed by atoms with Crippen molar-refractivity contribution in [2.45, 2.75) is 6.42 Å². The van der Waals surface area contributed by atoms with Gasteiger partial charge in [-0.1, -0.05) is 0 Å². The Hall–Kier alpha value is -1.62. The van der Waals surface area contributed by atoms with Gasteiger partial charge < -0.3 is 14.5 Å². The van der Waals surface area contributed by atoms with Crippen molar-refractivity contribution in [1.82, 2.24) is 15.2 Å². The first-order valence-electron chi connectivity index (χ1n) is 3.96. The first kappa shape index (κ1) is 8.00. The molecule has 2 aromatic rings. The zero-order chi connectivity index (χ0) is 9.10. The van der Waals surface area contributed by atoms with E-state index in [0.717, 1.165) is 5.56 Å². The largest absolute Gasteiger partial charge is 0.421 e. The SMILES string of the molecule is OCCc1nnc(-c2cc[nH]c2)o1. The Morgan fingerprint density at radius 3 is 3.08 bits per heavy atom.